The fraction of sp³-hybridized carbons (Fsp3) is 0.273. The minimum atomic E-state index is -3.55. The van der Waals surface area contributed by atoms with Crippen LogP contribution in [0.3, 0.4) is 0 Å². The van der Waals surface area contributed by atoms with E-state index in [2.05, 4.69) is 10.3 Å². The number of carbonyl (C=O) groups excluding carboxylic acids is 1. The molecule has 7 nitrogen and oxygen atoms in total. The first-order valence-electron chi connectivity index (χ1n) is 9.95. The molecule has 1 N–H and O–H groups in total. The lowest BCUT2D eigenvalue weighted by Gasteiger charge is -2.26. The fourth-order valence-electron chi connectivity index (χ4n) is 3.24. The Balaban J connectivity index is 1.39. The predicted octanol–water partition coefficient (Wildman–Crippen LogP) is 3.38. The van der Waals surface area contributed by atoms with E-state index in [1.807, 2.05) is 43.3 Å². The summed E-state index contributed by atoms with van der Waals surface area (Å²) in [6, 6.07) is 18.0. The van der Waals surface area contributed by atoms with E-state index in [1.165, 1.54) is 28.2 Å². The summed E-state index contributed by atoms with van der Waals surface area (Å²) in [5.41, 5.74) is 1.43. The quantitative estimate of drug-likeness (QED) is 0.571. The maximum Gasteiger partial charge on any atom is 0.243 e. The molecule has 1 aromatic heterocycles. The molecular formula is C22H23N3O4S2. The SMILES string of the molecule is CC(Sc1ccc2ccccc2n1)C(=O)Nc1ccc(S(=O)(=O)N2CCOCC2)cc1. The van der Waals surface area contributed by atoms with Crippen LogP contribution in [0.25, 0.3) is 10.9 Å². The first-order chi connectivity index (χ1) is 14.9. The van der Waals surface area contributed by atoms with E-state index in [-0.39, 0.29) is 16.1 Å². The molecule has 1 aliphatic heterocycles. The van der Waals surface area contributed by atoms with Crippen LogP contribution in [0.15, 0.2) is 70.6 Å². The number of rotatable bonds is 6. The first-order valence-corrected chi connectivity index (χ1v) is 12.3. The van der Waals surface area contributed by atoms with E-state index in [4.69, 9.17) is 4.74 Å². The molecule has 0 bridgehead atoms. The van der Waals surface area contributed by atoms with Crippen molar-refractivity contribution in [1.29, 1.82) is 0 Å². The highest BCUT2D eigenvalue weighted by Gasteiger charge is 2.26. The van der Waals surface area contributed by atoms with E-state index in [0.29, 0.717) is 32.0 Å². The molecule has 1 amide bonds. The van der Waals surface area contributed by atoms with Crippen LogP contribution >= 0.6 is 11.8 Å². The number of amides is 1. The summed E-state index contributed by atoms with van der Waals surface area (Å²) >= 11 is 1.37. The molecule has 162 valence electrons. The van der Waals surface area contributed by atoms with Gasteiger partial charge in [-0.05, 0) is 43.3 Å². The predicted molar refractivity (Wildman–Crippen MR) is 122 cm³/mol. The molecule has 9 heteroatoms. The Morgan fingerprint density at radius 1 is 1.06 bits per heavy atom. The maximum absolute atomic E-state index is 12.7. The van der Waals surface area contributed by atoms with E-state index < -0.39 is 10.0 Å². The van der Waals surface area contributed by atoms with Gasteiger partial charge in [0.15, 0.2) is 0 Å². The van der Waals surface area contributed by atoms with Crippen molar-refractivity contribution in [3.05, 3.63) is 60.7 Å². The second-order valence-corrected chi connectivity index (χ2v) is 10.4. The van der Waals surface area contributed by atoms with E-state index >= 15 is 0 Å². The zero-order valence-electron chi connectivity index (χ0n) is 17.0. The Bertz CT molecular complexity index is 1180. The lowest BCUT2D eigenvalue weighted by molar-refractivity contribution is -0.115. The molecule has 1 aliphatic rings. The number of benzene rings is 2. The van der Waals surface area contributed by atoms with Gasteiger partial charge in [0, 0.05) is 24.2 Å². The molecular weight excluding hydrogens is 434 g/mol. The summed E-state index contributed by atoms with van der Waals surface area (Å²) in [6.45, 7) is 3.30. The zero-order valence-corrected chi connectivity index (χ0v) is 18.7. The lowest BCUT2D eigenvalue weighted by Crippen LogP contribution is -2.40. The summed E-state index contributed by atoms with van der Waals surface area (Å²) in [7, 11) is -3.55. The van der Waals surface area contributed by atoms with Crippen LogP contribution < -0.4 is 5.32 Å². The van der Waals surface area contributed by atoms with Crippen molar-refractivity contribution in [2.45, 2.75) is 22.1 Å². The molecule has 3 aromatic rings. The number of aromatic nitrogens is 1. The Labute approximate surface area is 185 Å². The number of para-hydroxylation sites is 1. The number of nitrogens with zero attached hydrogens (tertiary/aromatic N) is 2. The van der Waals surface area contributed by atoms with Gasteiger partial charge in [-0.2, -0.15) is 4.31 Å². The van der Waals surface area contributed by atoms with E-state index in [1.54, 1.807) is 12.1 Å². The highest BCUT2D eigenvalue weighted by atomic mass is 32.2. The molecule has 0 spiro atoms. The van der Waals surface area contributed by atoms with Crippen LogP contribution in [0.5, 0.6) is 0 Å². The number of morpholine rings is 1. The van der Waals surface area contributed by atoms with Crippen LogP contribution in [0.4, 0.5) is 5.69 Å². The lowest BCUT2D eigenvalue weighted by atomic mass is 10.2. The molecule has 1 atom stereocenters. The fourth-order valence-corrected chi connectivity index (χ4v) is 5.47. The topological polar surface area (TPSA) is 88.6 Å². The summed E-state index contributed by atoms with van der Waals surface area (Å²) in [5, 5.41) is 4.29. The van der Waals surface area contributed by atoms with Gasteiger partial charge in [0.05, 0.1) is 33.9 Å². The maximum atomic E-state index is 12.7. The Hall–Kier alpha value is -2.46. The monoisotopic (exact) mass is 457 g/mol. The van der Waals surface area contributed by atoms with Crippen molar-refractivity contribution in [3.8, 4) is 0 Å². The molecule has 2 aromatic carbocycles. The number of hydrogen-bond acceptors (Lipinski definition) is 6. The number of sulfonamides is 1. The van der Waals surface area contributed by atoms with Crippen molar-refractivity contribution >= 4 is 44.3 Å². The molecule has 1 fully saturated rings. The number of hydrogen-bond donors (Lipinski definition) is 1. The number of carbonyl (C=O) groups is 1. The second kappa shape index (κ2) is 9.35. The smallest absolute Gasteiger partial charge is 0.243 e. The first kappa shape index (κ1) is 21.8. The standard InChI is InChI=1S/C22H23N3O4S2/c1-16(30-21-11-6-17-4-2-3-5-20(17)24-21)22(26)23-18-7-9-19(10-8-18)31(27,28)25-12-14-29-15-13-25/h2-11,16H,12-15H2,1H3,(H,23,26). The number of fused-ring (bicyclic) bond motifs is 1. The van der Waals surface area contributed by atoms with Crippen molar-refractivity contribution in [2.75, 3.05) is 31.6 Å². The molecule has 4 rings (SSSR count). The van der Waals surface area contributed by atoms with Gasteiger partial charge in [-0.25, -0.2) is 13.4 Å². The molecule has 0 saturated carbocycles. The highest BCUT2D eigenvalue weighted by Crippen LogP contribution is 2.25. The van der Waals surface area contributed by atoms with Crippen LogP contribution in [-0.2, 0) is 19.6 Å². The minimum Gasteiger partial charge on any atom is -0.379 e. The third-order valence-electron chi connectivity index (χ3n) is 4.97. The summed E-state index contributed by atoms with van der Waals surface area (Å²) < 4.78 is 32.0. The summed E-state index contributed by atoms with van der Waals surface area (Å²) in [4.78, 5) is 17.4. The van der Waals surface area contributed by atoms with Gasteiger partial charge in [0.1, 0.15) is 0 Å². The van der Waals surface area contributed by atoms with Gasteiger partial charge >= 0.3 is 0 Å². The Morgan fingerprint density at radius 2 is 1.77 bits per heavy atom. The Morgan fingerprint density at radius 3 is 2.52 bits per heavy atom. The van der Waals surface area contributed by atoms with Crippen LogP contribution in [0.1, 0.15) is 6.92 Å². The average Bonchev–Trinajstić information content (AvgIpc) is 2.80. The summed E-state index contributed by atoms with van der Waals surface area (Å²) in [6.07, 6.45) is 0. The number of ether oxygens (including phenoxy) is 1. The average molecular weight is 458 g/mol. The van der Waals surface area contributed by atoms with Crippen molar-refractivity contribution in [2.24, 2.45) is 0 Å². The number of pyridine rings is 1. The third kappa shape index (κ3) is 5.07. The van der Waals surface area contributed by atoms with Gasteiger partial charge in [0.25, 0.3) is 0 Å². The number of anilines is 1. The molecule has 0 aliphatic carbocycles. The summed E-state index contributed by atoms with van der Waals surface area (Å²) in [5.74, 6) is -0.177. The van der Waals surface area contributed by atoms with Gasteiger partial charge in [-0.15, -0.1) is 0 Å². The van der Waals surface area contributed by atoms with E-state index in [0.717, 1.165) is 15.9 Å². The Kier molecular flexibility index (Phi) is 6.57. The highest BCUT2D eigenvalue weighted by molar-refractivity contribution is 8.00. The third-order valence-corrected chi connectivity index (χ3v) is 7.92. The molecule has 2 heterocycles. The van der Waals surface area contributed by atoms with Crippen LogP contribution in [-0.4, -0.2) is 55.2 Å². The molecule has 0 radical (unpaired) electrons. The van der Waals surface area contributed by atoms with Gasteiger partial charge in [-0.3, -0.25) is 4.79 Å². The molecule has 1 saturated heterocycles. The van der Waals surface area contributed by atoms with E-state index in [9.17, 15) is 13.2 Å². The second-order valence-electron chi connectivity index (χ2n) is 7.13. The molecule has 31 heavy (non-hydrogen) atoms. The number of thioether (sulfide) groups is 1. The number of nitrogens with one attached hydrogen (secondary N) is 1. The van der Waals surface area contributed by atoms with Crippen molar-refractivity contribution < 1.29 is 17.9 Å². The largest absolute Gasteiger partial charge is 0.379 e. The van der Waals surface area contributed by atoms with Gasteiger partial charge in [0.2, 0.25) is 15.9 Å². The van der Waals surface area contributed by atoms with Crippen molar-refractivity contribution in [1.82, 2.24) is 9.29 Å². The van der Waals surface area contributed by atoms with Gasteiger partial charge in [-0.1, -0.05) is 36.0 Å². The minimum absolute atomic E-state index is 0.177. The normalized spacial score (nSPS) is 16.2. The van der Waals surface area contributed by atoms with Crippen molar-refractivity contribution in [3.63, 3.8) is 0 Å². The zero-order chi connectivity index (χ0) is 21.8. The molecule has 1 unspecified atom stereocenters. The van der Waals surface area contributed by atoms with Crippen LogP contribution in [0.2, 0.25) is 0 Å². The van der Waals surface area contributed by atoms with Crippen LogP contribution in [0, 0.1) is 0 Å². The van der Waals surface area contributed by atoms with Gasteiger partial charge < -0.3 is 10.1 Å².